The second-order valence-electron chi connectivity index (χ2n) is 6.48. The first-order valence-corrected chi connectivity index (χ1v) is 8.69. The molecule has 1 aromatic rings. The van der Waals surface area contributed by atoms with E-state index < -0.39 is 4.92 Å². The Bertz CT molecular complexity index is 553. The van der Waals surface area contributed by atoms with Crippen LogP contribution in [0.4, 0.5) is 11.5 Å². The number of ether oxygens (including phenoxy) is 1. The lowest BCUT2D eigenvalue weighted by Crippen LogP contribution is -2.45. The molecule has 1 aliphatic heterocycles. The Balaban J connectivity index is 1.85. The molecule has 0 bridgehead atoms. The van der Waals surface area contributed by atoms with Gasteiger partial charge in [0.2, 0.25) is 0 Å². The summed E-state index contributed by atoms with van der Waals surface area (Å²) in [5, 5.41) is 14.3. The molecule has 7 nitrogen and oxygen atoms in total. The Hall–Kier alpha value is -1.73. The van der Waals surface area contributed by atoms with Gasteiger partial charge in [0, 0.05) is 45.0 Å². The molecule has 24 heavy (non-hydrogen) atoms. The lowest BCUT2D eigenvalue weighted by atomic mass is 9.93. The predicted molar refractivity (Wildman–Crippen MR) is 94.4 cm³/mol. The van der Waals surface area contributed by atoms with Crippen molar-refractivity contribution in [1.82, 2.24) is 9.88 Å². The number of likely N-dealkylation sites (tertiary alicyclic amines) is 1. The topological polar surface area (TPSA) is 80.5 Å². The van der Waals surface area contributed by atoms with Crippen molar-refractivity contribution in [3.8, 4) is 0 Å². The molecule has 1 fully saturated rings. The summed E-state index contributed by atoms with van der Waals surface area (Å²) >= 11 is 0. The Morgan fingerprint density at radius 3 is 2.96 bits per heavy atom. The summed E-state index contributed by atoms with van der Waals surface area (Å²) in [7, 11) is 0. The van der Waals surface area contributed by atoms with E-state index in [-0.39, 0.29) is 5.69 Å². The highest BCUT2D eigenvalue weighted by molar-refractivity contribution is 5.49. The van der Waals surface area contributed by atoms with E-state index in [2.05, 4.69) is 22.1 Å². The monoisotopic (exact) mass is 336 g/mol. The molecule has 0 aromatic carbocycles. The first-order chi connectivity index (χ1) is 11.5. The number of aryl methyl sites for hydroxylation is 1. The molecule has 2 heterocycles. The molecule has 0 amide bonds. The van der Waals surface area contributed by atoms with Gasteiger partial charge in [-0.1, -0.05) is 6.92 Å². The number of nitrogens with one attached hydrogen (secondary N) is 1. The van der Waals surface area contributed by atoms with Crippen molar-refractivity contribution >= 4 is 11.5 Å². The van der Waals surface area contributed by atoms with Gasteiger partial charge in [-0.15, -0.1) is 0 Å². The van der Waals surface area contributed by atoms with E-state index in [4.69, 9.17) is 4.74 Å². The summed E-state index contributed by atoms with van der Waals surface area (Å²) in [5.74, 6) is 1.25. The third-order valence-electron chi connectivity index (χ3n) is 4.55. The third-order valence-corrected chi connectivity index (χ3v) is 4.55. The molecular weight excluding hydrogens is 308 g/mol. The van der Waals surface area contributed by atoms with Gasteiger partial charge in [-0.25, -0.2) is 4.98 Å². The number of hydrogen-bond acceptors (Lipinski definition) is 6. The van der Waals surface area contributed by atoms with Crippen LogP contribution >= 0.6 is 0 Å². The Morgan fingerprint density at radius 1 is 1.54 bits per heavy atom. The number of nitro groups is 1. The minimum atomic E-state index is -0.410. The van der Waals surface area contributed by atoms with Gasteiger partial charge in [0.25, 0.3) is 5.69 Å². The van der Waals surface area contributed by atoms with Gasteiger partial charge in [0.15, 0.2) is 0 Å². The third kappa shape index (κ3) is 5.14. The van der Waals surface area contributed by atoms with Crippen molar-refractivity contribution in [2.45, 2.75) is 39.7 Å². The molecular formula is C17H28N4O3. The second-order valence-corrected chi connectivity index (χ2v) is 6.48. The zero-order valence-electron chi connectivity index (χ0n) is 14.8. The van der Waals surface area contributed by atoms with Gasteiger partial charge in [-0.05, 0) is 38.2 Å². The standard InChI is InChI=1S/C17H28N4O3/c1-4-24-9-5-7-20-8-6-16(14(3)12-20)19-17-13(2)10-15(11-18-17)21(22)23/h10-11,14,16H,4-9,12H2,1-3H3,(H,18,19)/t14-,16+/m1/s1. The molecule has 0 aliphatic carbocycles. The van der Waals surface area contributed by atoms with Crippen LogP contribution in [0.25, 0.3) is 0 Å². The highest BCUT2D eigenvalue weighted by atomic mass is 16.6. The van der Waals surface area contributed by atoms with Crippen LogP contribution in [-0.2, 0) is 4.74 Å². The normalized spacial score (nSPS) is 21.6. The lowest BCUT2D eigenvalue weighted by Gasteiger charge is -2.37. The largest absolute Gasteiger partial charge is 0.382 e. The molecule has 2 atom stereocenters. The van der Waals surface area contributed by atoms with Gasteiger partial charge in [-0.2, -0.15) is 0 Å². The first kappa shape index (κ1) is 18.6. The molecule has 1 N–H and O–H groups in total. The Morgan fingerprint density at radius 2 is 2.33 bits per heavy atom. The van der Waals surface area contributed by atoms with Crippen molar-refractivity contribution in [2.75, 3.05) is 38.2 Å². The summed E-state index contributed by atoms with van der Waals surface area (Å²) in [6.07, 6.45) is 3.44. The smallest absolute Gasteiger partial charge is 0.287 e. The molecule has 0 unspecified atom stereocenters. The number of anilines is 1. The van der Waals surface area contributed by atoms with Gasteiger partial charge < -0.3 is 15.0 Å². The summed E-state index contributed by atoms with van der Waals surface area (Å²) in [4.78, 5) is 17.1. The number of nitrogens with zero attached hydrogens (tertiary/aromatic N) is 3. The van der Waals surface area contributed by atoms with E-state index in [9.17, 15) is 10.1 Å². The number of rotatable bonds is 8. The SMILES string of the molecule is CCOCCCN1CC[C@H](Nc2ncc([N+](=O)[O-])cc2C)[C@H](C)C1. The van der Waals surface area contributed by atoms with Crippen LogP contribution in [0.1, 0.15) is 32.3 Å². The fourth-order valence-electron chi connectivity index (χ4n) is 3.17. The lowest BCUT2D eigenvalue weighted by molar-refractivity contribution is -0.385. The number of piperidine rings is 1. The fraction of sp³-hybridized carbons (Fsp3) is 0.706. The second kappa shape index (κ2) is 8.94. The number of hydrogen-bond donors (Lipinski definition) is 1. The van der Waals surface area contributed by atoms with Crippen LogP contribution in [0, 0.1) is 23.0 Å². The van der Waals surface area contributed by atoms with Gasteiger partial charge in [0.05, 0.1) is 4.92 Å². The summed E-state index contributed by atoms with van der Waals surface area (Å²) in [5.41, 5.74) is 0.853. The highest BCUT2D eigenvalue weighted by Gasteiger charge is 2.26. The molecule has 1 saturated heterocycles. The Kier molecular flexibility index (Phi) is 6.93. The molecule has 1 aliphatic rings. The molecule has 0 spiro atoms. The maximum absolute atomic E-state index is 10.8. The van der Waals surface area contributed by atoms with Crippen molar-refractivity contribution in [3.05, 3.63) is 27.9 Å². The van der Waals surface area contributed by atoms with Crippen molar-refractivity contribution in [2.24, 2.45) is 5.92 Å². The van der Waals surface area contributed by atoms with Crippen molar-refractivity contribution < 1.29 is 9.66 Å². The van der Waals surface area contributed by atoms with Crippen LogP contribution in [0.5, 0.6) is 0 Å². The average Bonchev–Trinajstić information content (AvgIpc) is 2.55. The van der Waals surface area contributed by atoms with E-state index >= 15 is 0 Å². The van der Waals surface area contributed by atoms with Gasteiger partial charge in [0.1, 0.15) is 12.0 Å². The predicted octanol–water partition coefficient (Wildman–Crippen LogP) is 2.85. The number of pyridine rings is 1. The van der Waals surface area contributed by atoms with Crippen molar-refractivity contribution in [1.29, 1.82) is 0 Å². The first-order valence-electron chi connectivity index (χ1n) is 8.69. The maximum Gasteiger partial charge on any atom is 0.287 e. The highest BCUT2D eigenvalue weighted by Crippen LogP contribution is 2.24. The minimum Gasteiger partial charge on any atom is -0.382 e. The minimum absolute atomic E-state index is 0.0372. The van der Waals surface area contributed by atoms with E-state index in [1.807, 2.05) is 13.8 Å². The molecule has 134 valence electrons. The summed E-state index contributed by atoms with van der Waals surface area (Å²) < 4.78 is 5.40. The fourth-order valence-corrected chi connectivity index (χ4v) is 3.17. The zero-order valence-corrected chi connectivity index (χ0v) is 14.8. The molecule has 7 heteroatoms. The van der Waals surface area contributed by atoms with Crippen LogP contribution in [0.15, 0.2) is 12.3 Å². The van der Waals surface area contributed by atoms with Crippen LogP contribution in [-0.4, -0.2) is 53.7 Å². The summed E-state index contributed by atoms with van der Waals surface area (Å²) in [6, 6.07) is 1.92. The van der Waals surface area contributed by atoms with E-state index in [1.165, 1.54) is 6.20 Å². The van der Waals surface area contributed by atoms with Gasteiger partial charge >= 0.3 is 0 Å². The van der Waals surface area contributed by atoms with Crippen molar-refractivity contribution in [3.63, 3.8) is 0 Å². The molecule has 0 radical (unpaired) electrons. The van der Waals surface area contributed by atoms with Gasteiger partial charge in [-0.3, -0.25) is 10.1 Å². The molecule has 1 aromatic heterocycles. The van der Waals surface area contributed by atoms with Crippen LogP contribution < -0.4 is 5.32 Å². The van der Waals surface area contributed by atoms with E-state index in [0.29, 0.717) is 12.0 Å². The van der Waals surface area contributed by atoms with Crippen LogP contribution in [0.3, 0.4) is 0 Å². The van der Waals surface area contributed by atoms with E-state index in [1.54, 1.807) is 6.07 Å². The zero-order chi connectivity index (χ0) is 17.5. The summed E-state index contributed by atoms with van der Waals surface area (Å²) in [6.45, 7) is 10.9. The molecule has 2 rings (SSSR count). The molecule has 0 saturated carbocycles. The van der Waals surface area contributed by atoms with Crippen LogP contribution in [0.2, 0.25) is 0 Å². The Labute approximate surface area is 143 Å². The average molecular weight is 336 g/mol. The quantitative estimate of drug-likeness (QED) is 0.447. The van der Waals surface area contributed by atoms with E-state index in [0.717, 1.165) is 57.1 Å². The maximum atomic E-state index is 10.8. The number of aromatic nitrogens is 1.